The zero-order valence-electron chi connectivity index (χ0n) is 10.7. The summed E-state index contributed by atoms with van der Waals surface area (Å²) >= 11 is 6.04. The number of carbonyl (C=O) groups excluding carboxylic acids is 1. The molecular formula is C14H14ClN3O. The van der Waals surface area contributed by atoms with Gasteiger partial charge in [-0.3, -0.25) is 4.79 Å². The van der Waals surface area contributed by atoms with Crippen LogP contribution >= 0.6 is 11.6 Å². The molecule has 0 atom stereocenters. The van der Waals surface area contributed by atoms with Gasteiger partial charge in [-0.25, -0.2) is 4.98 Å². The SMILES string of the molecule is CNc1cc(C(=O)N(C)c2ccccc2)c(Cl)cn1. The molecule has 0 saturated heterocycles. The summed E-state index contributed by atoms with van der Waals surface area (Å²) in [5.74, 6) is 0.435. The number of carbonyl (C=O) groups is 1. The molecule has 1 heterocycles. The molecule has 0 radical (unpaired) electrons. The topological polar surface area (TPSA) is 45.2 Å². The quantitative estimate of drug-likeness (QED) is 0.936. The summed E-state index contributed by atoms with van der Waals surface area (Å²) in [6, 6.07) is 11.0. The molecule has 0 aliphatic heterocycles. The van der Waals surface area contributed by atoms with Crippen molar-refractivity contribution in [2.75, 3.05) is 24.3 Å². The molecule has 0 saturated carbocycles. The first-order valence-corrected chi connectivity index (χ1v) is 6.17. The fourth-order valence-corrected chi connectivity index (χ4v) is 1.87. The number of benzene rings is 1. The van der Waals surface area contributed by atoms with Crippen molar-refractivity contribution < 1.29 is 4.79 Å². The number of hydrogen-bond acceptors (Lipinski definition) is 3. The highest BCUT2D eigenvalue weighted by Crippen LogP contribution is 2.22. The van der Waals surface area contributed by atoms with Gasteiger partial charge in [-0.1, -0.05) is 29.8 Å². The van der Waals surface area contributed by atoms with E-state index in [0.717, 1.165) is 5.69 Å². The van der Waals surface area contributed by atoms with E-state index in [0.29, 0.717) is 16.4 Å². The molecular weight excluding hydrogens is 262 g/mol. The number of halogens is 1. The molecule has 0 aliphatic carbocycles. The molecule has 4 nitrogen and oxygen atoms in total. The standard InChI is InChI=1S/C14H14ClN3O/c1-16-13-8-11(12(15)9-17-13)14(19)18(2)10-6-4-3-5-7-10/h3-9H,1-2H3,(H,16,17). The monoisotopic (exact) mass is 275 g/mol. The van der Waals surface area contributed by atoms with Gasteiger partial charge in [0.05, 0.1) is 10.6 Å². The van der Waals surface area contributed by atoms with Gasteiger partial charge in [0, 0.05) is 26.0 Å². The van der Waals surface area contributed by atoms with Crippen molar-refractivity contribution in [1.29, 1.82) is 0 Å². The first kappa shape index (κ1) is 13.4. The van der Waals surface area contributed by atoms with Crippen LogP contribution in [0.3, 0.4) is 0 Å². The number of nitrogens with zero attached hydrogens (tertiary/aromatic N) is 2. The van der Waals surface area contributed by atoms with Crippen LogP contribution in [0.1, 0.15) is 10.4 Å². The summed E-state index contributed by atoms with van der Waals surface area (Å²) in [7, 11) is 3.46. The minimum atomic E-state index is -0.171. The van der Waals surface area contributed by atoms with Gasteiger partial charge in [-0.15, -0.1) is 0 Å². The highest BCUT2D eigenvalue weighted by atomic mass is 35.5. The van der Waals surface area contributed by atoms with E-state index in [-0.39, 0.29) is 5.91 Å². The molecule has 0 spiro atoms. The van der Waals surface area contributed by atoms with Crippen LogP contribution in [-0.2, 0) is 0 Å². The molecule has 19 heavy (non-hydrogen) atoms. The van der Waals surface area contributed by atoms with Crippen LogP contribution in [0.5, 0.6) is 0 Å². The van der Waals surface area contributed by atoms with Crippen LogP contribution in [0.25, 0.3) is 0 Å². The molecule has 1 amide bonds. The van der Waals surface area contributed by atoms with Crippen molar-refractivity contribution >= 4 is 29.0 Å². The second-order valence-corrected chi connectivity index (χ2v) is 4.41. The van der Waals surface area contributed by atoms with Crippen molar-refractivity contribution in [2.24, 2.45) is 0 Å². The molecule has 0 aliphatic rings. The van der Waals surface area contributed by atoms with E-state index in [1.165, 1.54) is 6.20 Å². The van der Waals surface area contributed by atoms with E-state index in [1.807, 2.05) is 30.3 Å². The third-order valence-electron chi connectivity index (χ3n) is 2.79. The van der Waals surface area contributed by atoms with Crippen LogP contribution in [0.2, 0.25) is 5.02 Å². The first-order chi connectivity index (χ1) is 9.13. The van der Waals surface area contributed by atoms with Gasteiger partial charge in [0.2, 0.25) is 0 Å². The number of nitrogens with one attached hydrogen (secondary N) is 1. The van der Waals surface area contributed by atoms with E-state index in [1.54, 1.807) is 25.1 Å². The summed E-state index contributed by atoms with van der Waals surface area (Å²) in [4.78, 5) is 18.0. The lowest BCUT2D eigenvalue weighted by Crippen LogP contribution is -2.26. The highest BCUT2D eigenvalue weighted by molar-refractivity contribution is 6.34. The van der Waals surface area contributed by atoms with Crippen LogP contribution in [0.15, 0.2) is 42.6 Å². The Kier molecular flexibility index (Phi) is 4.02. The molecule has 98 valence electrons. The van der Waals surface area contributed by atoms with Gasteiger partial charge in [0.1, 0.15) is 5.82 Å². The van der Waals surface area contributed by atoms with Crippen molar-refractivity contribution in [2.45, 2.75) is 0 Å². The smallest absolute Gasteiger partial charge is 0.259 e. The number of aromatic nitrogens is 1. The Morgan fingerprint density at radius 1 is 1.32 bits per heavy atom. The predicted octanol–water partition coefficient (Wildman–Crippen LogP) is 3.05. The molecule has 1 aromatic carbocycles. The minimum Gasteiger partial charge on any atom is -0.373 e. The normalized spacial score (nSPS) is 10.1. The lowest BCUT2D eigenvalue weighted by atomic mass is 10.2. The maximum atomic E-state index is 12.4. The average molecular weight is 276 g/mol. The second kappa shape index (κ2) is 5.71. The lowest BCUT2D eigenvalue weighted by molar-refractivity contribution is 0.0993. The zero-order valence-corrected chi connectivity index (χ0v) is 11.5. The lowest BCUT2D eigenvalue weighted by Gasteiger charge is -2.18. The van der Waals surface area contributed by atoms with Crippen LogP contribution < -0.4 is 10.2 Å². The average Bonchev–Trinajstić information content (AvgIpc) is 2.47. The van der Waals surface area contributed by atoms with Crippen molar-refractivity contribution in [3.05, 3.63) is 53.2 Å². The minimum absolute atomic E-state index is 0.171. The van der Waals surface area contributed by atoms with Gasteiger partial charge in [0.25, 0.3) is 5.91 Å². The molecule has 0 unspecified atom stereocenters. The van der Waals surface area contributed by atoms with Gasteiger partial charge >= 0.3 is 0 Å². The fourth-order valence-electron chi connectivity index (χ4n) is 1.69. The van der Waals surface area contributed by atoms with E-state index >= 15 is 0 Å². The van der Waals surface area contributed by atoms with Gasteiger partial charge in [-0.05, 0) is 18.2 Å². The maximum Gasteiger partial charge on any atom is 0.259 e. The fraction of sp³-hybridized carbons (Fsp3) is 0.143. The molecule has 1 aromatic heterocycles. The summed E-state index contributed by atoms with van der Waals surface area (Å²) in [5.41, 5.74) is 1.23. The Hall–Kier alpha value is -2.07. The van der Waals surface area contributed by atoms with Crippen molar-refractivity contribution in [3.63, 3.8) is 0 Å². The zero-order chi connectivity index (χ0) is 13.8. The first-order valence-electron chi connectivity index (χ1n) is 5.80. The molecule has 2 aromatic rings. The Bertz CT molecular complexity index is 586. The molecule has 1 N–H and O–H groups in total. The predicted molar refractivity (Wildman–Crippen MR) is 78.0 cm³/mol. The summed E-state index contributed by atoms with van der Waals surface area (Å²) in [5, 5.41) is 3.23. The van der Waals surface area contributed by atoms with Crippen LogP contribution in [-0.4, -0.2) is 25.0 Å². The van der Waals surface area contributed by atoms with E-state index in [2.05, 4.69) is 10.3 Å². The van der Waals surface area contributed by atoms with Crippen molar-refractivity contribution in [3.8, 4) is 0 Å². The largest absolute Gasteiger partial charge is 0.373 e. The number of rotatable bonds is 3. The number of pyridine rings is 1. The Balaban J connectivity index is 2.34. The molecule has 0 bridgehead atoms. The molecule has 0 fully saturated rings. The second-order valence-electron chi connectivity index (χ2n) is 4.00. The number of para-hydroxylation sites is 1. The van der Waals surface area contributed by atoms with Gasteiger partial charge in [-0.2, -0.15) is 0 Å². The summed E-state index contributed by atoms with van der Waals surface area (Å²) in [6.07, 6.45) is 1.47. The van der Waals surface area contributed by atoms with Gasteiger partial charge in [0.15, 0.2) is 0 Å². The third-order valence-corrected chi connectivity index (χ3v) is 3.09. The van der Waals surface area contributed by atoms with E-state index < -0.39 is 0 Å². The Morgan fingerprint density at radius 2 is 2.00 bits per heavy atom. The van der Waals surface area contributed by atoms with E-state index in [9.17, 15) is 4.79 Å². The summed E-state index contributed by atoms with van der Waals surface area (Å²) in [6.45, 7) is 0. The number of hydrogen-bond donors (Lipinski definition) is 1. The van der Waals surface area contributed by atoms with E-state index in [4.69, 9.17) is 11.6 Å². The third kappa shape index (κ3) is 2.85. The maximum absolute atomic E-state index is 12.4. The number of amides is 1. The Morgan fingerprint density at radius 3 is 2.63 bits per heavy atom. The molecule has 2 rings (SSSR count). The van der Waals surface area contributed by atoms with Gasteiger partial charge < -0.3 is 10.2 Å². The van der Waals surface area contributed by atoms with Crippen LogP contribution in [0, 0.1) is 0 Å². The van der Waals surface area contributed by atoms with Crippen LogP contribution in [0.4, 0.5) is 11.5 Å². The Labute approximate surface area is 117 Å². The summed E-state index contributed by atoms with van der Waals surface area (Å²) < 4.78 is 0. The molecule has 5 heteroatoms. The van der Waals surface area contributed by atoms with Crippen molar-refractivity contribution in [1.82, 2.24) is 4.98 Å². The highest BCUT2D eigenvalue weighted by Gasteiger charge is 2.17. The number of anilines is 2.